The number of aromatic nitrogens is 1. The van der Waals surface area contributed by atoms with Crippen molar-refractivity contribution in [3.8, 4) is 11.8 Å². The summed E-state index contributed by atoms with van der Waals surface area (Å²) in [6.45, 7) is 1.95. The summed E-state index contributed by atoms with van der Waals surface area (Å²) < 4.78 is 87.3. The van der Waals surface area contributed by atoms with E-state index in [1.165, 1.54) is 7.05 Å². The zero-order valence-electron chi connectivity index (χ0n) is 16.8. The molecule has 3 N–H and O–H groups in total. The Labute approximate surface area is 184 Å². The second kappa shape index (κ2) is 8.18. The fourth-order valence-electron chi connectivity index (χ4n) is 3.17. The van der Waals surface area contributed by atoms with Gasteiger partial charge in [0.05, 0.1) is 11.6 Å². The van der Waals surface area contributed by atoms with E-state index in [4.69, 9.17) is 10.00 Å². The van der Waals surface area contributed by atoms with Crippen LogP contribution in [-0.4, -0.2) is 48.4 Å². The van der Waals surface area contributed by atoms with Gasteiger partial charge in [-0.1, -0.05) is 6.58 Å². The quantitative estimate of drug-likeness (QED) is 0.444. The lowest BCUT2D eigenvalue weighted by Gasteiger charge is -2.33. The lowest BCUT2D eigenvalue weighted by Crippen LogP contribution is -2.61. The molecule has 14 heteroatoms. The summed E-state index contributed by atoms with van der Waals surface area (Å²) in [7, 11) is -3.39. The molecule has 0 unspecified atom stereocenters. The van der Waals surface area contributed by atoms with Crippen LogP contribution in [0.3, 0.4) is 0 Å². The highest BCUT2D eigenvalue weighted by atomic mass is 32.2. The molecule has 0 saturated heterocycles. The second-order valence-electron chi connectivity index (χ2n) is 7.05. The van der Waals surface area contributed by atoms with Gasteiger partial charge in [0.15, 0.2) is 17.0 Å². The topological polar surface area (TPSA) is 133 Å². The van der Waals surface area contributed by atoms with E-state index in [-0.39, 0.29) is 23.0 Å². The maximum atomic E-state index is 13.5. The number of hydrogen-bond donors (Lipinski definition) is 3. The first-order chi connectivity index (χ1) is 15.2. The van der Waals surface area contributed by atoms with E-state index < -0.39 is 56.8 Å². The van der Waals surface area contributed by atoms with E-state index in [1.807, 2.05) is 0 Å². The van der Waals surface area contributed by atoms with Gasteiger partial charge in [-0.15, -0.1) is 0 Å². The molecule has 0 bridgehead atoms. The lowest BCUT2D eigenvalue weighted by molar-refractivity contribution is -0.249. The van der Waals surface area contributed by atoms with E-state index in [0.717, 1.165) is 29.0 Å². The monoisotopic (exact) mass is 488 g/mol. The number of aliphatic hydroxyl groups is 1. The van der Waals surface area contributed by atoms with Crippen molar-refractivity contribution in [2.75, 3.05) is 11.9 Å². The zero-order chi connectivity index (χ0) is 24.8. The standard InChI is InChI=1S/C19H16F4N4O5S/c1-3-18(29,19(21,22)23)14-9-32-16-13(33(30,31)26-14)8-27(2)15(16)17(28)25-11-4-5-12(20)10(6-11)7-24/h3-6,8,14,26,29H,1,9H2,2H3,(H,25,28)/t14-,18-/m0/s1. The smallest absolute Gasteiger partial charge is 0.422 e. The summed E-state index contributed by atoms with van der Waals surface area (Å²) >= 11 is 0. The normalized spacial score (nSPS) is 19.2. The van der Waals surface area contributed by atoms with Gasteiger partial charge >= 0.3 is 6.18 Å². The number of carbonyl (C=O) groups is 1. The highest BCUT2D eigenvalue weighted by Crippen LogP contribution is 2.39. The van der Waals surface area contributed by atoms with Gasteiger partial charge in [-0.2, -0.15) is 18.4 Å². The molecule has 9 nitrogen and oxygen atoms in total. The number of anilines is 1. The van der Waals surface area contributed by atoms with Crippen LogP contribution in [0.2, 0.25) is 0 Å². The summed E-state index contributed by atoms with van der Waals surface area (Å²) in [5.41, 5.74) is -4.40. The molecule has 3 rings (SSSR count). The van der Waals surface area contributed by atoms with Crippen LogP contribution in [0.25, 0.3) is 0 Å². The predicted molar refractivity (Wildman–Crippen MR) is 105 cm³/mol. The molecule has 0 spiro atoms. The Balaban J connectivity index is 2.00. The van der Waals surface area contributed by atoms with Gasteiger partial charge in [-0.3, -0.25) is 4.79 Å². The molecule has 2 atom stereocenters. The Kier molecular flexibility index (Phi) is 6.01. The number of sulfonamides is 1. The van der Waals surface area contributed by atoms with Gasteiger partial charge in [-0.05, 0) is 24.3 Å². The van der Waals surface area contributed by atoms with Crippen LogP contribution in [0.4, 0.5) is 23.2 Å². The Bertz CT molecular complexity index is 1280. The van der Waals surface area contributed by atoms with Crippen LogP contribution in [0.1, 0.15) is 16.1 Å². The molecule has 0 radical (unpaired) electrons. The van der Waals surface area contributed by atoms with Crippen molar-refractivity contribution in [2.24, 2.45) is 7.05 Å². The number of ether oxygens (including phenoxy) is 1. The summed E-state index contributed by atoms with van der Waals surface area (Å²) in [6, 6.07) is 2.51. The number of fused-ring (bicyclic) bond motifs is 1. The molecule has 1 amide bonds. The van der Waals surface area contributed by atoms with Crippen molar-refractivity contribution in [1.29, 1.82) is 5.26 Å². The highest BCUT2D eigenvalue weighted by Gasteiger charge is 2.58. The number of nitriles is 1. The number of nitrogens with zero attached hydrogens (tertiary/aromatic N) is 2. The van der Waals surface area contributed by atoms with Crippen molar-refractivity contribution in [1.82, 2.24) is 9.29 Å². The number of halogens is 4. The van der Waals surface area contributed by atoms with Crippen LogP contribution < -0.4 is 14.8 Å². The van der Waals surface area contributed by atoms with Gasteiger partial charge in [0.1, 0.15) is 23.4 Å². The molecular formula is C19H16F4N4O5S. The second-order valence-corrected chi connectivity index (χ2v) is 8.74. The van der Waals surface area contributed by atoms with Crippen LogP contribution >= 0.6 is 0 Å². The van der Waals surface area contributed by atoms with Crippen molar-refractivity contribution >= 4 is 21.6 Å². The minimum Gasteiger partial charge on any atom is -0.488 e. The Hall–Kier alpha value is -3.41. The van der Waals surface area contributed by atoms with Gasteiger partial charge < -0.3 is 19.7 Å². The van der Waals surface area contributed by atoms with Crippen molar-refractivity contribution < 1.29 is 40.6 Å². The zero-order valence-corrected chi connectivity index (χ0v) is 17.6. The molecule has 1 aromatic heterocycles. The van der Waals surface area contributed by atoms with Crippen molar-refractivity contribution in [3.63, 3.8) is 0 Å². The average Bonchev–Trinajstić information content (AvgIpc) is 3.01. The fourth-order valence-corrected chi connectivity index (χ4v) is 4.62. The molecule has 0 saturated carbocycles. The number of amides is 1. The summed E-state index contributed by atoms with van der Waals surface area (Å²) in [5.74, 6) is -2.33. The number of rotatable bonds is 4. The van der Waals surface area contributed by atoms with E-state index >= 15 is 0 Å². The maximum absolute atomic E-state index is 13.5. The Morgan fingerprint density at radius 1 is 1.45 bits per heavy atom. The van der Waals surface area contributed by atoms with Gasteiger partial charge in [-0.25, -0.2) is 17.5 Å². The van der Waals surface area contributed by atoms with Crippen LogP contribution in [-0.2, 0) is 17.1 Å². The van der Waals surface area contributed by atoms with E-state index in [9.17, 15) is 35.9 Å². The SMILES string of the molecule is C=C[C@](O)([C@@H]1COc2c(cn(C)c2C(=O)Nc2ccc(F)c(C#N)c2)S(=O)(=O)N1)C(F)(F)F. The molecule has 0 fully saturated rings. The summed E-state index contributed by atoms with van der Waals surface area (Å²) in [4.78, 5) is 12.2. The number of nitrogens with one attached hydrogen (secondary N) is 2. The lowest BCUT2D eigenvalue weighted by atomic mass is 9.95. The molecule has 176 valence electrons. The van der Waals surface area contributed by atoms with E-state index in [1.54, 1.807) is 10.8 Å². The molecule has 1 aromatic carbocycles. The molecule has 2 heterocycles. The Morgan fingerprint density at radius 3 is 2.70 bits per heavy atom. The van der Waals surface area contributed by atoms with E-state index in [0.29, 0.717) is 0 Å². The number of carbonyl (C=O) groups excluding carboxylic acids is 1. The van der Waals surface area contributed by atoms with Crippen LogP contribution in [0.5, 0.6) is 5.75 Å². The van der Waals surface area contributed by atoms with E-state index in [2.05, 4.69) is 11.9 Å². The summed E-state index contributed by atoms with van der Waals surface area (Å²) in [6.07, 6.45) is -4.19. The van der Waals surface area contributed by atoms with Gasteiger partial charge in [0, 0.05) is 18.9 Å². The minimum absolute atomic E-state index is 0.00140. The number of hydrogen-bond acceptors (Lipinski definition) is 6. The maximum Gasteiger partial charge on any atom is 0.422 e. The first-order valence-corrected chi connectivity index (χ1v) is 10.5. The van der Waals surface area contributed by atoms with Gasteiger partial charge in [0.25, 0.3) is 5.91 Å². The number of alkyl halides is 3. The molecular weight excluding hydrogens is 472 g/mol. The first-order valence-electron chi connectivity index (χ1n) is 9.03. The third kappa shape index (κ3) is 4.17. The highest BCUT2D eigenvalue weighted by molar-refractivity contribution is 7.89. The fraction of sp³-hybridized carbons (Fsp3) is 0.263. The van der Waals surface area contributed by atoms with Crippen LogP contribution in [0.15, 0.2) is 41.9 Å². The number of aryl methyl sites for hydroxylation is 1. The average molecular weight is 488 g/mol. The first kappa shape index (κ1) is 24.2. The summed E-state index contributed by atoms with van der Waals surface area (Å²) in [5, 5.41) is 21.3. The Morgan fingerprint density at radius 2 is 2.12 bits per heavy atom. The predicted octanol–water partition coefficient (Wildman–Crippen LogP) is 1.81. The molecule has 1 aliphatic heterocycles. The third-order valence-corrected chi connectivity index (χ3v) is 6.40. The largest absolute Gasteiger partial charge is 0.488 e. The minimum atomic E-state index is -5.29. The van der Waals surface area contributed by atoms with Crippen molar-refractivity contribution in [3.05, 3.63) is 54.1 Å². The molecule has 0 aliphatic carbocycles. The van der Waals surface area contributed by atoms with Gasteiger partial charge in [0.2, 0.25) is 10.0 Å². The molecule has 2 aromatic rings. The third-order valence-electron chi connectivity index (χ3n) is 4.94. The van der Waals surface area contributed by atoms with Crippen LogP contribution in [0, 0.1) is 17.1 Å². The molecule has 1 aliphatic rings. The number of benzene rings is 1. The van der Waals surface area contributed by atoms with Crippen molar-refractivity contribution in [2.45, 2.75) is 22.7 Å². The molecule has 33 heavy (non-hydrogen) atoms.